The van der Waals surface area contributed by atoms with Gasteiger partial charge in [-0.05, 0) is 30.0 Å². The minimum atomic E-state index is 0.570. The molecule has 0 saturated carbocycles. The second kappa shape index (κ2) is 5.59. The first kappa shape index (κ1) is 12.5. The van der Waals surface area contributed by atoms with Crippen molar-refractivity contribution in [3.63, 3.8) is 0 Å². The van der Waals surface area contributed by atoms with E-state index in [0.717, 1.165) is 26.2 Å². The summed E-state index contributed by atoms with van der Waals surface area (Å²) in [7, 11) is 2.20. The fraction of sp³-hybridized carbons (Fsp3) is 0.375. The van der Waals surface area contributed by atoms with Gasteiger partial charge in [-0.2, -0.15) is 0 Å². The van der Waals surface area contributed by atoms with Gasteiger partial charge in [0, 0.05) is 37.9 Å². The first-order valence-corrected chi connectivity index (χ1v) is 6.96. The molecule has 0 aliphatic carbocycles. The summed E-state index contributed by atoms with van der Waals surface area (Å²) < 4.78 is 0. The first-order chi connectivity index (χ1) is 9.33. The Morgan fingerprint density at radius 2 is 2.05 bits per heavy atom. The lowest BCUT2D eigenvalue weighted by Gasteiger charge is -2.33. The van der Waals surface area contributed by atoms with Crippen LogP contribution in [0, 0.1) is 0 Å². The maximum atomic E-state index is 3.56. The van der Waals surface area contributed by atoms with Gasteiger partial charge in [0.15, 0.2) is 0 Å². The van der Waals surface area contributed by atoms with Crippen LogP contribution >= 0.6 is 0 Å². The van der Waals surface area contributed by atoms with Gasteiger partial charge in [0.1, 0.15) is 0 Å². The minimum Gasteiger partial charge on any atom is -0.383 e. The molecule has 1 saturated heterocycles. The molecule has 0 bridgehead atoms. The highest BCUT2D eigenvalue weighted by Crippen LogP contribution is 2.19. The predicted octanol–water partition coefficient (Wildman–Crippen LogP) is 2.16. The molecule has 3 heteroatoms. The number of rotatable bonds is 3. The van der Waals surface area contributed by atoms with E-state index < -0.39 is 0 Å². The largest absolute Gasteiger partial charge is 0.383 e. The maximum absolute atomic E-state index is 3.56. The number of hydrogen-bond acceptors (Lipinski definition) is 3. The van der Waals surface area contributed by atoms with Crippen LogP contribution in [0.5, 0.6) is 0 Å². The topological polar surface area (TPSA) is 27.3 Å². The Labute approximate surface area is 114 Å². The quantitative estimate of drug-likeness (QED) is 0.880. The van der Waals surface area contributed by atoms with E-state index in [9.17, 15) is 0 Å². The SMILES string of the molecule is CN1CCNCC1CNc1ccc2ccccc2c1. The Bertz CT molecular complexity index is 552. The number of likely N-dealkylation sites (N-methyl/N-ethyl adjacent to an activating group) is 1. The van der Waals surface area contributed by atoms with E-state index >= 15 is 0 Å². The molecule has 0 spiro atoms. The van der Waals surface area contributed by atoms with E-state index in [1.807, 2.05) is 0 Å². The van der Waals surface area contributed by atoms with Crippen LogP contribution in [0.4, 0.5) is 5.69 Å². The highest BCUT2D eigenvalue weighted by Gasteiger charge is 2.17. The van der Waals surface area contributed by atoms with E-state index in [1.165, 1.54) is 16.5 Å². The van der Waals surface area contributed by atoms with Crippen molar-refractivity contribution in [2.75, 3.05) is 38.5 Å². The van der Waals surface area contributed by atoms with E-state index in [2.05, 4.69) is 65.0 Å². The van der Waals surface area contributed by atoms with E-state index in [0.29, 0.717) is 6.04 Å². The molecular formula is C16H21N3. The van der Waals surface area contributed by atoms with E-state index in [1.54, 1.807) is 0 Å². The van der Waals surface area contributed by atoms with E-state index in [-0.39, 0.29) is 0 Å². The highest BCUT2D eigenvalue weighted by molar-refractivity contribution is 5.85. The van der Waals surface area contributed by atoms with E-state index in [4.69, 9.17) is 0 Å². The molecule has 2 aromatic carbocycles. The zero-order valence-corrected chi connectivity index (χ0v) is 11.4. The number of nitrogens with one attached hydrogen (secondary N) is 2. The average molecular weight is 255 g/mol. The summed E-state index contributed by atoms with van der Waals surface area (Å²) in [6, 6.07) is 15.6. The lowest BCUT2D eigenvalue weighted by Crippen LogP contribution is -2.52. The summed E-state index contributed by atoms with van der Waals surface area (Å²) >= 11 is 0. The van der Waals surface area contributed by atoms with Crippen LogP contribution in [-0.2, 0) is 0 Å². The van der Waals surface area contributed by atoms with Gasteiger partial charge in [-0.3, -0.25) is 4.90 Å². The monoisotopic (exact) mass is 255 g/mol. The van der Waals surface area contributed by atoms with Crippen LogP contribution in [0.15, 0.2) is 42.5 Å². The molecule has 2 aromatic rings. The molecule has 3 rings (SSSR count). The molecule has 2 N–H and O–H groups in total. The third kappa shape index (κ3) is 2.88. The molecule has 1 aliphatic heterocycles. The van der Waals surface area contributed by atoms with Gasteiger partial charge in [-0.25, -0.2) is 0 Å². The number of hydrogen-bond donors (Lipinski definition) is 2. The standard InChI is InChI=1S/C16H21N3/c1-19-9-8-17-11-16(19)12-18-15-7-6-13-4-2-3-5-14(13)10-15/h2-7,10,16-18H,8-9,11-12H2,1H3. The summed E-state index contributed by atoms with van der Waals surface area (Å²) in [6.07, 6.45) is 0. The maximum Gasteiger partial charge on any atom is 0.0390 e. The molecule has 1 heterocycles. The fourth-order valence-corrected chi connectivity index (χ4v) is 2.63. The van der Waals surface area contributed by atoms with Crippen LogP contribution in [0.1, 0.15) is 0 Å². The predicted molar refractivity (Wildman–Crippen MR) is 81.7 cm³/mol. The molecule has 1 aliphatic rings. The summed E-state index contributed by atoms with van der Waals surface area (Å²) in [5, 5.41) is 9.59. The van der Waals surface area contributed by atoms with Crippen molar-refractivity contribution in [3.05, 3.63) is 42.5 Å². The minimum absolute atomic E-state index is 0.570. The molecule has 0 amide bonds. The van der Waals surface area contributed by atoms with Gasteiger partial charge in [-0.15, -0.1) is 0 Å². The Morgan fingerprint density at radius 1 is 1.21 bits per heavy atom. The zero-order valence-electron chi connectivity index (χ0n) is 11.4. The van der Waals surface area contributed by atoms with Gasteiger partial charge in [0.25, 0.3) is 0 Å². The van der Waals surface area contributed by atoms with Crippen LogP contribution in [0.2, 0.25) is 0 Å². The summed E-state index contributed by atoms with van der Waals surface area (Å²) in [5.41, 5.74) is 1.21. The van der Waals surface area contributed by atoms with Gasteiger partial charge >= 0.3 is 0 Å². The number of anilines is 1. The number of fused-ring (bicyclic) bond motifs is 1. The summed E-state index contributed by atoms with van der Waals surface area (Å²) in [4.78, 5) is 2.42. The Kier molecular flexibility index (Phi) is 3.67. The Balaban J connectivity index is 1.67. The van der Waals surface area contributed by atoms with Crippen LogP contribution < -0.4 is 10.6 Å². The van der Waals surface area contributed by atoms with Crippen LogP contribution in [0.3, 0.4) is 0 Å². The molecule has 0 aromatic heterocycles. The number of nitrogens with zero attached hydrogens (tertiary/aromatic N) is 1. The van der Waals surface area contributed by atoms with Crippen molar-refractivity contribution in [1.82, 2.24) is 10.2 Å². The van der Waals surface area contributed by atoms with Crippen molar-refractivity contribution in [3.8, 4) is 0 Å². The molecule has 100 valence electrons. The summed E-state index contributed by atoms with van der Waals surface area (Å²) in [6.45, 7) is 4.28. The molecule has 1 fully saturated rings. The first-order valence-electron chi connectivity index (χ1n) is 6.96. The number of piperazine rings is 1. The van der Waals surface area contributed by atoms with Crippen molar-refractivity contribution in [2.24, 2.45) is 0 Å². The number of benzene rings is 2. The van der Waals surface area contributed by atoms with Gasteiger partial charge in [0.05, 0.1) is 0 Å². The molecule has 1 unspecified atom stereocenters. The van der Waals surface area contributed by atoms with Crippen molar-refractivity contribution < 1.29 is 0 Å². The smallest absolute Gasteiger partial charge is 0.0390 e. The second-order valence-corrected chi connectivity index (χ2v) is 5.28. The van der Waals surface area contributed by atoms with Crippen molar-refractivity contribution >= 4 is 16.5 Å². The molecule has 3 nitrogen and oxygen atoms in total. The van der Waals surface area contributed by atoms with Gasteiger partial charge in [-0.1, -0.05) is 30.3 Å². The van der Waals surface area contributed by atoms with Crippen LogP contribution in [-0.4, -0.2) is 44.2 Å². The van der Waals surface area contributed by atoms with Crippen molar-refractivity contribution in [2.45, 2.75) is 6.04 Å². The highest BCUT2D eigenvalue weighted by atomic mass is 15.2. The molecule has 1 atom stereocenters. The fourth-order valence-electron chi connectivity index (χ4n) is 2.63. The third-order valence-corrected chi connectivity index (χ3v) is 3.94. The molecule has 19 heavy (non-hydrogen) atoms. The van der Waals surface area contributed by atoms with Crippen molar-refractivity contribution in [1.29, 1.82) is 0 Å². The Hall–Kier alpha value is -1.58. The third-order valence-electron chi connectivity index (χ3n) is 3.94. The lowest BCUT2D eigenvalue weighted by molar-refractivity contribution is 0.209. The lowest BCUT2D eigenvalue weighted by atomic mass is 10.1. The normalized spacial score (nSPS) is 20.6. The van der Waals surface area contributed by atoms with Crippen LogP contribution in [0.25, 0.3) is 10.8 Å². The van der Waals surface area contributed by atoms with Gasteiger partial charge < -0.3 is 10.6 Å². The molecular weight excluding hydrogens is 234 g/mol. The van der Waals surface area contributed by atoms with Gasteiger partial charge in [0.2, 0.25) is 0 Å². The summed E-state index contributed by atoms with van der Waals surface area (Å²) in [5.74, 6) is 0. The average Bonchev–Trinajstić information content (AvgIpc) is 2.46. The molecule has 0 radical (unpaired) electrons. The second-order valence-electron chi connectivity index (χ2n) is 5.28. The Morgan fingerprint density at radius 3 is 2.89 bits per heavy atom. The zero-order chi connectivity index (χ0) is 13.1.